The molecule has 2 heteroatoms. The fourth-order valence-corrected chi connectivity index (χ4v) is 1.69. The van der Waals surface area contributed by atoms with E-state index < -0.39 is 0 Å². The zero-order valence-corrected chi connectivity index (χ0v) is 14.6. The molecule has 0 bridgehead atoms. The van der Waals surface area contributed by atoms with Gasteiger partial charge in [0.2, 0.25) is 0 Å². The van der Waals surface area contributed by atoms with Gasteiger partial charge >= 0.3 is 0 Å². The van der Waals surface area contributed by atoms with Gasteiger partial charge in [-0.2, -0.15) is 0 Å². The van der Waals surface area contributed by atoms with Gasteiger partial charge in [0.25, 0.3) is 0 Å². The molecule has 0 aliphatic heterocycles. The molecule has 0 N–H and O–H groups in total. The van der Waals surface area contributed by atoms with E-state index in [0.29, 0.717) is 11.5 Å². The maximum absolute atomic E-state index is 6.10. The van der Waals surface area contributed by atoms with Crippen molar-refractivity contribution in [1.82, 2.24) is 4.90 Å². The lowest BCUT2D eigenvalue weighted by Crippen LogP contribution is -2.35. The highest BCUT2D eigenvalue weighted by Gasteiger charge is 2.21. The van der Waals surface area contributed by atoms with Crippen LogP contribution in [-0.4, -0.2) is 37.2 Å². The van der Waals surface area contributed by atoms with E-state index in [1.54, 1.807) is 0 Å². The van der Waals surface area contributed by atoms with E-state index in [9.17, 15) is 0 Å². The lowest BCUT2D eigenvalue weighted by atomic mass is 9.89. The van der Waals surface area contributed by atoms with Crippen molar-refractivity contribution in [2.45, 2.75) is 79.9 Å². The minimum Gasteiger partial charge on any atom is -0.371 e. The average molecular weight is 259 g/mol. The highest BCUT2D eigenvalue weighted by molar-refractivity contribution is 4.72. The summed E-state index contributed by atoms with van der Waals surface area (Å²) in [5, 5.41) is 0. The summed E-state index contributed by atoms with van der Waals surface area (Å²) in [4.78, 5) is 2.21. The Bertz CT molecular complexity index is 186. The van der Waals surface area contributed by atoms with Crippen LogP contribution >= 0.6 is 0 Å². The predicted octanol–water partition coefficient (Wildman–Crippen LogP) is 4.58. The quantitative estimate of drug-likeness (QED) is 0.716. The van der Waals surface area contributed by atoms with E-state index in [1.807, 2.05) is 13.8 Å². The normalized spacial score (nSPS) is 14.2. The first-order valence-electron chi connectivity index (χ1n) is 7.32. The Hall–Kier alpha value is -0.0800. The molecule has 0 aliphatic carbocycles. The molecule has 1 atom stereocenters. The van der Waals surface area contributed by atoms with Crippen molar-refractivity contribution in [2.75, 3.05) is 20.6 Å². The van der Waals surface area contributed by atoms with Crippen molar-refractivity contribution in [1.29, 1.82) is 0 Å². The zero-order valence-electron chi connectivity index (χ0n) is 14.6. The van der Waals surface area contributed by atoms with Crippen molar-refractivity contribution in [3.05, 3.63) is 0 Å². The Balaban J connectivity index is 0. The molecule has 0 rings (SSSR count). The first-order chi connectivity index (χ1) is 7.99. The molecule has 0 spiro atoms. The lowest BCUT2D eigenvalue weighted by molar-refractivity contribution is -0.0738. The molecule has 0 saturated carbocycles. The third-order valence-electron chi connectivity index (χ3n) is 2.31. The first kappa shape index (κ1) is 20.2. The van der Waals surface area contributed by atoms with Crippen LogP contribution in [0.3, 0.4) is 0 Å². The van der Waals surface area contributed by atoms with Gasteiger partial charge in [0.05, 0.1) is 11.7 Å². The van der Waals surface area contributed by atoms with Crippen LogP contribution < -0.4 is 0 Å². The molecular weight excluding hydrogens is 222 g/mol. The zero-order chi connectivity index (χ0) is 15.0. The van der Waals surface area contributed by atoms with Gasteiger partial charge in [-0.25, -0.2) is 0 Å². The molecule has 112 valence electrons. The highest BCUT2D eigenvalue weighted by atomic mass is 16.5. The van der Waals surface area contributed by atoms with Crippen LogP contribution in [0.1, 0.15) is 68.2 Å². The molecular formula is C16H37NO. The average Bonchev–Trinajstić information content (AvgIpc) is 2.13. The lowest BCUT2D eigenvalue weighted by Gasteiger charge is -2.31. The number of hydrogen-bond acceptors (Lipinski definition) is 2. The Kier molecular flexibility index (Phi) is 10.0. The van der Waals surface area contributed by atoms with E-state index in [4.69, 9.17) is 4.74 Å². The summed E-state index contributed by atoms with van der Waals surface area (Å²) in [5.74, 6) is 0. The number of rotatable bonds is 5. The molecule has 0 radical (unpaired) electrons. The molecule has 2 nitrogen and oxygen atoms in total. The second-order valence-corrected chi connectivity index (χ2v) is 7.21. The molecule has 0 aromatic carbocycles. The van der Waals surface area contributed by atoms with Crippen LogP contribution in [-0.2, 0) is 4.74 Å². The van der Waals surface area contributed by atoms with Crippen molar-refractivity contribution in [2.24, 2.45) is 5.41 Å². The summed E-state index contributed by atoms with van der Waals surface area (Å²) in [6, 6.07) is 0. The first-order valence-corrected chi connectivity index (χ1v) is 7.32. The van der Waals surface area contributed by atoms with Gasteiger partial charge in [-0.1, -0.05) is 34.6 Å². The van der Waals surface area contributed by atoms with Crippen LogP contribution in [0.15, 0.2) is 0 Å². The predicted molar refractivity (Wildman–Crippen MR) is 83.2 cm³/mol. The minimum atomic E-state index is -0.0431. The smallest absolute Gasteiger partial charge is 0.0709 e. The Labute approximate surface area is 116 Å². The van der Waals surface area contributed by atoms with E-state index in [-0.39, 0.29) is 5.60 Å². The van der Waals surface area contributed by atoms with Gasteiger partial charge in [-0.15, -0.1) is 0 Å². The standard InChI is InChI=1S/C14H31NO.C2H6/c1-13(2,3)10-9-12(11-15(7)8)16-14(4,5)6;1-2/h12H,9-11H2,1-8H3;1-2H3. The van der Waals surface area contributed by atoms with Crippen LogP contribution in [0.5, 0.6) is 0 Å². The number of ether oxygens (including phenoxy) is 1. The number of hydrogen-bond donors (Lipinski definition) is 0. The van der Waals surface area contributed by atoms with Gasteiger partial charge in [-0.3, -0.25) is 0 Å². The van der Waals surface area contributed by atoms with Crippen molar-refractivity contribution in [3.8, 4) is 0 Å². The van der Waals surface area contributed by atoms with Gasteiger partial charge in [0, 0.05) is 6.54 Å². The van der Waals surface area contributed by atoms with E-state index in [1.165, 1.54) is 6.42 Å². The molecule has 0 heterocycles. The molecule has 0 aromatic heterocycles. The maximum atomic E-state index is 6.10. The number of nitrogens with zero attached hydrogens (tertiary/aromatic N) is 1. The Morgan fingerprint density at radius 2 is 1.39 bits per heavy atom. The van der Waals surface area contributed by atoms with Crippen LogP contribution in [0, 0.1) is 5.41 Å². The Morgan fingerprint density at radius 1 is 0.944 bits per heavy atom. The number of likely N-dealkylation sites (N-methyl/N-ethyl adjacent to an activating group) is 1. The van der Waals surface area contributed by atoms with E-state index in [2.05, 4.69) is 60.5 Å². The third kappa shape index (κ3) is 15.9. The highest BCUT2D eigenvalue weighted by Crippen LogP contribution is 2.24. The molecule has 0 aromatic rings. The third-order valence-corrected chi connectivity index (χ3v) is 2.31. The summed E-state index contributed by atoms with van der Waals surface area (Å²) >= 11 is 0. The molecule has 0 aliphatic rings. The summed E-state index contributed by atoms with van der Waals surface area (Å²) in [7, 11) is 4.21. The SMILES string of the molecule is CC.CN(C)CC(CCC(C)(C)C)OC(C)(C)C. The Morgan fingerprint density at radius 3 is 1.67 bits per heavy atom. The second-order valence-electron chi connectivity index (χ2n) is 7.21. The van der Waals surface area contributed by atoms with Gasteiger partial charge in [-0.05, 0) is 53.1 Å². The maximum Gasteiger partial charge on any atom is 0.0709 e. The summed E-state index contributed by atoms with van der Waals surface area (Å²) in [6.45, 7) is 18.3. The van der Waals surface area contributed by atoms with Crippen molar-refractivity contribution in [3.63, 3.8) is 0 Å². The molecule has 1 unspecified atom stereocenters. The fraction of sp³-hybridized carbons (Fsp3) is 1.00. The summed E-state index contributed by atoms with van der Waals surface area (Å²) in [5.41, 5.74) is 0.352. The van der Waals surface area contributed by atoms with Crippen LogP contribution in [0.4, 0.5) is 0 Å². The monoisotopic (exact) mass is 259 g/mol. The summed E-state index contributed by atoms with van der Waals surface area (Å²) < 4.78 is 6.10. The van der Waals surface area contributed by atoms with E-state index >= 15 is 0 Å². The van der Waals surface area contributed by atoms with Gasteiger partial charge < -0.3 is 9.64 Å². The van der Waals surface area contributed by atoms with Crippen LogP contribution in [0.25, 0.3) is 0 Å². The minimum absolute atomic E-state index is 0.0431. The molecule has 0 fully saturated rings. The largest absolute Gasteiger partial charge is 0.371 e. The van der Waals surface area contributed by atoms with Crippen molar-refractivity contribution >= 4 is 0 Å². The fourth-order valence-electron chi connectivity index (χ4n) is 1.69. The van der Waals surface area contributed by atoms with Gasteiger partial charge in [0.1, 0.15) is 0 Å². The van der Waals surface area contributed by atoms with Crippen LogP contribution in [0.2, 0.25) is 0 Å². The van der Waals surface area contributed by atoms with Gasteiger partial charge in [0.15, 0.2) is 0 Å². The summed E-state index contributed by atoms with van der Waals surface area (Å²) in [6.07, 6.45) is 2.69. The van der Waals surface area contributed by atoms with Crippen molar-refractivity contribution < 1.29 is 4.74 Å². The molecule has 0 saturated heterocycles. The topological polar surface area (TPSA) is 12.5 Å². The molecule has 0 amide bonds. The molecule has 18 heavy (non-hydrogen) atoms. The van der Waals surface area contributed by atoms with E-state index in [0.717, 1.165) is 13.0 Å². The second kappa shape index (κ2) is 8.92.